The van der Waals surface area contributed by atoms with Crippen molar-refractivity contribution in [1.82, 2.24) is 9.88 Å². The van der Waals surface area contributed by atoms with Gasteiger partial charge in [-0.15, -0.1) is 0 Å². The van der Waals surface area contributed by atoms with Crippen molar-refractivity contribution in [2.75, 3.05) is 13.1 Å². The van der Waals surface area contributed by atoms with Gasteiger partial charge in [-0.25, -0.2) is 4.98 Å². The second-order valence-electron chi connectivity index (χ2n) is 5.75. The maximum atomic E-state index is 12.5. The molecule has 0 aliphatic heterocycles. The molecule has 0 saturated carbocycles. The van der Waals surface area contributed by atoms with Crippen LogP contribution in [-0.2, 0) is 6.18 Å². The zero-order valence-electron chi connectivity index (χ0n) is 14.7. The molecule has 4 nitrogen and oxygen atoms in total. The maximum absolute atomic E-state index is 12.5. The first-order valence-electron chi connectivity index (χ1n) is 8.45. The lowest BCUT2D eigenvalue weighted by atomic mass is 10.2. The molecule has 0 spiro atoms. The second-order valence-corrected chi connectivity index (χ2v) is 5.75. The van der Waals surface area contributed by atoms with Crippen LogP contribution < -0.4 is 4.74 Å². The lowest BCUT2D eigenvalue weighted by Crippen LogP contribution is -2.31. The number of hydrogen-bond donors (Lipinski definition) is 0. The number of unbranched alkanes of at least 4 members (excludes halogenated alkanes) is 1. The smallest absolute Gasteiger partial charge is 0.417 e. The average Bonchev–Trinajstić information content (AvgIpc) is 2.62. The van der Waals surface area contributed by atoms with Gasteiger partial charge in [-0.3, -0.25) is 4.79 Å². The lowest BCUT2D eigenvalue weighted by molar-refractivity contribution is -0.137. The number of benzene rings is 1. The molecule has 140 valence electrons. The van der Waals surface area contributed by atoms with Crippen LogP contribution in [0.25, 0.3) is 0 Å². The van der Waals surface area contributed by atoms with E-state index in [0.29, 0.717) is 24.4 Å². The van der Waals surface area contributed by atoms with Gasteiger partial charge in [0.2, 0.25) is 5.88 Å². The van der Waals surface area contributed by atoms with Gasteiger partial charge in [0, 0.05) is 30.9 Å². The predicted octanol–water partition coefficient (Wildman–Crippen LogP) is 5.15. The molecule has 0 radical (unpaired) electrons. The number of pyridine rings is 1. The van der Waals surface area contributed by atoms with Crippen molar-refractivity contribution in [3.63, 3.8) is 0 Å². The van der Waals surface area contributed by atoms with Crippen molar-refractivity contribution in [1.29, 1.82) is 0 Å². The average molecular weight is 366 g/mol. The van der Waals surface area contributed by atoms with Crippen LogP contribution in [-0.4, -0.2) is 28.9 Å². The molecule has 0 fully saturated rings. The zero-order chi connectivity index (χ0) is 19.2. The van der Waals surface area contributed by atoms with Gasteiger partial charge >= 0.3 is 6.18 Å². The number of carbonyl (C=O) groups excluding carboxylic acids is 1. The third-order valence-corrected chi connectivity index (χ3v) is 3.84. The lowest BCUT2D eigenvalue weighted by Gasteiger charge is -2.20. The standard InChI is InChI=1S/C19H21F3N2O2/c1-3-5-12-24(4-2)18(25)14-6-9-16(10-7-14)26-17-11-8-15(13-23-17)19(20,21)22/h6-11,13H,3-5,12H2,1-2H3. The summed E-state index contributed by atoms with van der Waals surface area (Å²) in [6, 6.07) is 8.53. The topological polar surface area (TPSA) is 42.4 Å². The van der Waals surface area contributed by atoms with Crippen LogP contribution >= 0.6 is 0 Å². The summed E-state index contributed by atoms with van der Waals surface area (Å²) < 4.78 is 43.0. The molecule has 0 aliphatic rings. The second kappa shape index (κ2) is 8.69. The van der Waals surface area contributed by atoms with Crippen LogP contribution in [0.4, 0.5) is 13.2 Å². The van der Waals surface area contributed by atoms with Crippen LogP contribution in [0.5, 0.6) is 11.6 Å². The number of halogens is 3. The van der Waals surface area contributed by atoms with Gasteiger partial charge in [0.1, 0.15) is 5.75 Å². The quantitative estimate of drug-likeness (QED) is 0.680. The molecule has 2 rings (SSSR count). The fraction of sp³-hybridized carbons (Fsp3) is 0.368. The van der Waals surface area contributed by atoms with Crippen molar-refractivity contribution in [3.8, 4) is 11.6 Å². The highest BCUT2D eigenvalue weighted by Gasteiger charge is 2.30. The number of carbonyl (C=O) groups is 1. The first kappa shape index (κ1) is 19.8. The molecular formula is C19H21F3N2O2. The Morgan fingerprint density at radius 2 is 1.81 bits per heavy atom. The Bertz CT molecular complexity index is 713. The molecule has 1 amide bonds. The Morgan fingerprint density at radius 1 is 1.12 bits per heavy atom. The molecule has 0 aliphatic carbocycles. The summed E-state index contributed by atoms with van der Waals surface area (Å²) in [7, 11) is 0. The van der Waals surface area contributed by atoms with E-state index >= 15 is 0 Å². The highest BCUT2D eigenvalue weighted by Crippen LogP contribution is 2.30. The summed E-state index contributed by atoms with van der Waals surface area (Å²) in [5.74, 6) is 0.390. The number of hydrogen-bond acceptors (Lipinski definition) is 3. The first-order chi connectivity index (χ1) is 12.3. The molecule has 7 heteroatoms. The largest absolute Gasteiger partial charge is 0.439 e. The van der Waals surface area contributed by atoms with E-state index < -0.39 is 11.7 Å². The van der Waals surface area contributed by atoms with Crippen LogP contribution in [0, 0.1) is 0 Å². The molecule has 0 atom stereocenters. The van der Waals surface area contributed by atoms with Gasteiger partial charge in [0.25, 0.3) is 5.91 Å². The molecule has 26 heavy (non-hydrogen) atoms. The molecule has 1 aromatic carbocycles. The predicted molar refractivity (Wildman–Crippen MR) is 92.2 cm³/mol. The monoisotopic (exact) mass is 366 g/mol. The number of alkyl halides is 3. The van der Waals surface area contributed by atoms with E-state index in [1.165, 1.54) is 0 Å². The normalized spacial score (nSPS) is 11.3. The number of aromatic nitrogens is 1. The summed E-state index contributed by atoms with van der Waals surface area (Å²) in [6.45, 7) is 5.34. The summed E-state index contributed by atoms with van der Waals surface area (Å²) in [5.41, 5.74) is -0.298. The van der Waals surface area contributed by atoms with Gasteiger partial charge < -0.3 is 9.64 Å². The minimum absolute atomic E-state index is 0.0511. The summed E-state index contributed by atoms with van der Waals surface area (Å²) in [6.07, 6.45) is -1.76. The zero-order valence-corrected chi connectivity index (χ0v) is 14.7. The Kier molecular flexibility index (Phi) is 6.60. The Balaban J connectivity index is 2.04. The van der Waals surface area contributed by atoms with E-state index in [0.717, 1.165) is 31.2 Å². The maximum Gasteiger partial charge on any atom is 0.417 e. The molecule has 1 heterocycles. The molecule has 0 saturated heterocycles. The molecule has 0 unspecified atom stereocenters. The van der Waals surface area contributed by atoms with Crippen molar-refractivity contribution in [2.24, 2.45) is 0 Å². The first-order valence-corrected chi connectivity index (χ1v) is 8.45. The van der Waals surface area contributed by atoms with E-state index in [1.807, 2.05) is 6.92 Å². The fourth-order valence-corrected chi connectivity index (χ4v) is 2.33. The van der Waals surface area contributed by atoms with E-state index in [-0.39, 0.29) is 11.8 Å². The van der Waals surface area contributed by atoms with Crippen LogP contribution in [0.15, 0.2) is 42.6 Å². The molecule has 0 bridgehead atoms. The van der Waals surface area contributed by atoms with E-state index in [4.69, 9.17) is 4.74 Å². The van der Waals surface area contributed by atoms with Crippen LogP contribution in [0.3, 0.4) is 0 Å². The number of nitrogens with zero attached hydrogens (tertiary/aromatic N) is 2. The van der Waals surface area contributed by atoms with Gasteiger partial charge in [-0.1, -0.05) is 13.3 Å². The van der Waals surface area contributed by atoms with Crippen molar-refractivity contribution >= 4 is 5.91 Å². The fourth-order valence-electron chi connectivity index (χ4n) is 2.33. The molecule has 2 aromatic rings. The number of amides is 1. The minimum atomic E-state index is -4.43. The molecular weight excluding hydrogens is 345 g/mol. The van der Waals surface area contributed by atoms with E-state index in [9.17, 15) is 18.0 Å². The van der Waals surface area contributed by atoms with Crippen LogP contribution in [0.2, 0.25) is 0 Å². The third kappa shape index (κ3) is 5.21. The van der Waals surface area contributed by atoms with Gasteiger partial charge in [0.05, 0.1) is 5.56 Å². The SMILES string of the molecule is CCCCN(CC)C(=O)c1ccc(Oc2ccc(C(F)(F)F)cn2)cc1. The highest BCUT2D eigenvalue weighted by atomic mass is 19.4. The molecule has 0 N–H and O–H groups in total. The van der Waals surface area contributed by atoms with Gasteiger partial charge in [-0.05, 0) is 43.7 Å². The van der Waals surface area contributed by atoms with E-state index in [1.54, 1.807) is 29.2 Å². The minimum Gasteiger partial charge on any atom is -0.439 e. The highest BCUT2D eigenvalue weighted by molar-refractivity contribution is 5.94. The summed E-state index contributed by atoms with van der Waals surface area (Å²) >= 11 is 0. The van der Waals surface area contributed by atoms with Gasteiger partial charge in [0.15, 0.2) is 0 Å². The Morgan fingerprint density at radius 3 is 2.31 bits per heavy atom. The number of ether oxygens (including phenoxy) is 1. The summed E-state index contributed by atoms with van der Waals surface area (Å²) in [4.78, 5) is 17.9. The van der Waals surface area contributed by atoms with Crippen molar-refractivity contribution in [2.45, 2.75) is 32.9 Å². The number of rotatable bonds is 7. The third-order valence-electron chi connectivity index (χ3n) is 3.84. The van der Waals surface area contributed by atoms with Crippen molar-refractivity contribution in [3.05, 3.63) is 53.7 Å². The molecule has 1 aromatic heterocycles. The Hall–Kier alpha value is -2.57. The van der Waals surface area contributed by atoms with E-state index in [2.05, 4.69) is 11.9 Å². The Labute approximate surface area is 150 Å². The van der Waals surface area contributed by atoms with Crippen LogP contribution in [0.1, 0.15) is 42.6 Å². The summed E-state index contributed by atoms with van der Waals surface area (Å²) in [5, 5.41) is 0. The van der Waals surface area contributed by atoms with Crippen molar-refractivity contribution < 1.29 is 22.7 Å². The van der Waals surface area contributed by atoms with Gasteiger partial charge in [-0.2, -0.15) is 13.2 Å².